The van der Waals surface area contributed by atoms with Crippen LogP contribution in [-0.2, 0) is 9.53 Å². The van der Waals surface area contributed by atoms with Gasteiger partial charge < -0.3 is 9.64 Å². The zero-order valence-electron chi connectivity index (χ0n) is 10.6. The van der Waals surface area contributed by atoms with Crippen LogP contribution in [0.25, 0.3) is 5.57 Å². The molecule has 18 heavy (non-hydrogen) atoms. The number of nitrogens with zero attached hydrogens (tertiary/aromatic N) is 1. The van der Waals surface area contributed by atoms with Crippen molar-refractivity contribution in [3.63, 3.8) is 0 Å². The van der Waals surface area contributed by atoms with Gasteiger partial charge in [-0.05, 0) is 36.7 Å². The summed E-state index contributed by atoms with van der Waals surface area (Å²) in [5.74, 6) is -0.207. The van der Waals surface area contributed by atoms with E-state index in [0.717, 1.165) is 40.7 Å². The lowest BCUT2D eigenvalue weighted by Crippen LogP contribution is -2.29. The second-order valence-corrected chi connectivity index (χ2v) is 5.36. The zero-order valence-corrected chi connectivity index (χ0v) is 12.2. The molecule has 0 amide bonds. The smallest absolute Gasteiger partial charge is 0.334 e. The van der Waals surface area contributed by atoms with Crippen LogP contribution in [0.15, 0.2) is 34.3 Å². The van der Waals surface area contributed by atoms with Crippen molar-refractivity contribution in [2.75, 3.05) is 27.2 Å². The van der Waals surface area contributed by atoms with Crippen LogP contribution < -0.4 is 0 Å². The van der Waals surface area contributed by atoms with Gasteiger partial charge in [0.25, 0.3) is 0 Å². The second-order valence-electron chi connectivity index (χ2n) is 4.44. The van der Waals surface area contributed by atoms with Gasteiger partial charge in [0.05, 0.1) is 7.11 Å². The number of rotatable bonds is 2. The maximum atomic E-state index is 11.8. The summed E-state index contributed by atoms with van der Waals surface area (Å²) in [6, 6.07) is 8.04. The van der Waals surface area contributed by atoms with Crippen molar-refractivity contribution in [2.24, 2.45) is 0 Å². The SMILES string of the molecule is COC(=O)C1=C(c2ccc(Br)cc2)CN(C)CC1. The summed E-state index contributed by atoms with van der Waals surface area (Å²) in [4.78, 5) is 14.0. The van der Waals surface area contributed by atoms with E-state index in [2.05, 4.69) is 27.9 Å². The zero-order chi connectivity index (χ0) is 13.1. The number of hydrogen-bond acceptors (Lipinski definition) is 3. The Kier molecular flexibility index (Phi) is 4.19. The van der Waals surface area contributed by atoms with E-state index >= 15 is 0 Å². The van der Waals surface area contributed by atoms with E-state index in [1.807, 2.05) is 24.3 Å². The number of halogens is 1. The molecule has 3 nitrogen and oxygen atoms in total. The van der Waals surface area contributed by atoms with E-state index < -0.39 is 0 Å². The van der Waals surface area contributed by atoms with E-state index in [4.69, 9.17) is 4.74 Å². The molecule has 4 heteroatoms. The van der Waals surface area contributed by atoms with E-state index in [1.165, 1.54) is 7.11 Å². The van der Waals surface area contributed by atoms with Crippen LogP contribution >= 0.6 is 15.9 Å². The molecule has 1 aromatic carbocycles. The number of carbonyl (C=O) groups excluding carboxylic acids is 1. The Hall–Kier alpha value is -1.13. The number of carbonyl (C=O) groups is 1. The minimum atomic E-state index is -0.207. The van der Waals surface area contributed by atoms with Crippen LogP contribution in [-0.4, -0.2) is 38.1 Å². The quantitative estimate of drug-likeness (QED) is 0.787. The first-order valence-electron chi connectivity index (χ1n) is 5.86. The molecule has 0 saturated heterocycles. The molecular formula is C14H16BrNO2. The predicted molar refractivity (Wildman–Crippen MR) is 75.2 cm³/mol. The fraction of sp³-hybridized carbons (Fsp3) is 0.357. The van der Waals surface area contributed by atoms with Gasteiger partial charge in [-0.3, -0.25) is 0 Å². The fourth-order valence-electron chi connectivity index (χ4n) is 2.16. The summed E-state index contributed by atoms with van der Waals surface area (Å²) in [6.07, 6.45) is 0.745. The summed E-state index contributed by atoms with van der Waals surface area (Å²) in [5.41, 5.74) is 2.96. The molecule has 0 spiro atoms. The number of methoxy groups -OCH3 is 1. The molecule has 0 bridgehead atoms. The van der Waals surface area contributed by atoms with Gasteiger partial charge >= 0.3 is 5.97 Å². The van der Waals surface area contributed by atoms with Crippen LogP contribution in [0.1, 0.15) is 12.0 Å². The van der Waals surface area contributed by atoms with Crippen molar-refractivity contribution in [1.82, 2.24) is 4.90 Å². The van der Waals surface area contributed by atoms with Crippen molar-refractivity contribution in [1.29, 1.82) is 0 Å². The lowest BCUT2D eigenvalue weighted by atomic mass is 9.94. The molecular weight excluding hydrogens is 294 g/mol. The molecule has 0 atom stereocenters. The van der Waals surface area contributed by atoms with Gasteiger partial charge in [0.2, 0.25) is 0 Å². The highest BCUT2D eigenvalue weighted by molar-refractivity contribution is 9.10. The number of ether oxygens (including phenoxy) is 1. The summed E-state index contributed by atoms with van der Waals surface area (Å²) in [6.45, 7) is 1.68. The molecule has 0 N–H and O–H groups in total. The highest BCUT2D eigenvalue weighted by Gasteiger charge is 2.23. The maximum Gasteiger partial charge on any atom is 0.334 e. The molecule has 0 radical (unpaired) electrons. The molecule has 1 aromatic rings. The first kappa shape index (κ1) is 13.3. The second kappa shape index (κ2) is 5.67. The Labute approximate surface area is 116 Å². The fourth-order valence-corrected chi connectivity index (χ4v) is 2.43. The minimum absolute atomic E-state index is 0.207. The van der Waals surface area contributed by atoms with Crippen LogP contribution in [0, 0.1) is 0 Å². The summed E-state index contributed by atoms with van der Waals surface area (Å²) in [7, 11) is 3.50. The Bertz CT molecular complexity index is 479. The minimum Gasteiger partial charge on any atom is -0.466 e. The Morgan fingerprint density at radius 2 is 2.00 bits per heavy atom. The molecule has 1 heterocycles. The number of likely N-dealkylation sites (N-methyl/N-ethyl adjacent to an activating group) is 1. The van der Waals surface area contributed by atoms with Crippen molar-refractivity contribution < 1.29 is 9.53 Å². The normalized spacial score (nSPS) is 16.8. The molecule has 2 rings (SSSR count). The van der Waals surface area contributed by atoms with Crippen LogP contribution in [0.3, 0.4) is 0 Å². The van der Waals surface area contributed by atoms with Crippen molar-refractivity contribution >= 4 is 27.5 Å². The number of esters is 1. The molecule has 0 fully saturated rings. The third-order valence-corrected chi connectivity index (χ3v) is 3.69. The lowest BCUT2D eigenvalue weighted by Gasteiger charge is -2.27. The maximum absolute atomic E-state index is 11.8. The summed E-state index contributed by atoms with van der Waals surface area (Å²) < 4.78 is 5.91. The Morgan fingerprint density at radius 1 is 1.33 bits per heavy atom. The first-order valence-corrected chi connectivity index (χ1v) is 6.66. The standard InChI is InChI=1S/C14H16BrNO2/c1-16-8-7-12(14(17)18-2)13(9-16)10-3-5-11(15)6-4-10/h3-6H,7-9H2,1-2H3. The average molecular weight is 310 g/mol. The largest absolute Gasteiger partial charge is 0.466 e. The van der Waals surface area contributed by atoms with E-state index in [9.17, 15) is 4.79 Å². The van der Waals surface area contributed by atoms with Gasteiger partial charge in [-0.1, -0.05) is 28.1 Å². The van der Waals surface area contributed by atoms with Crippen LogP contribution in [0.4, 0.5) is 0 Å². The van der Waals surface area contributed by atoms with E-state index in [-0.39, 0.29) is 5.97 Å². The van der Waals surface area contributed by atoms with E-state index in [0.29, 0.717) is 0 Å². The van der Waals surface area contributed by atoms with Crippen LogP contribution in [0.5, 0.6) is 0 Å². The Morgan fingerprint density at radius 3 is 2.61 bits per heavy atom. The highest BCUT2D eigenvalue weighted by atomic mass is 79.9. The van der Waals surface area contributed by atoms with Gasteiger partial charge in [-0.25, -0.2) is 4.79 Å². The molecule has 0 aromatic heterocycles. The highest BCUT2D eigenvalue weighted by Crippen LogP contribution is 2.27. The molecule has 96 valence electrons. The van der Waals surface area contributed by atoms with Crippen molar-refractivity contribution in [3.8, 4) is 0 Å². The molecule has 1 aliphatic rings. The topological polar surface area (TPSA) is 29.5 Å². The van der Waals surface area contributed by atoms with Gasteiger partial charge in [-0.2, -0.15) is 0 Å². The molecule has 1 aliphatic heterocycles. The van der Waals surface area contributed by atoms with Gasteiger partial charge in [0.15, 0.2) is 0 Å². The number of hydrogen-bond donors (Lipinski definition) is 0. The first-order chi connectivity index (χ1) is 8.61. The van der Waals surface area contributed by atoms with E-state index in [1.54, 1.807) is 0 Å². The lowest BCUT2D eigenvalue weighted by molar-refractivity contribution is -0.136. The third-order valence-electron chi connectivity index (χ3n) is 3.16. The van der Waals surface area contributed by atoms with Crippen molar-refractivity contribution in [2.45, 2.75) is 6.42 Å². The van der Waals surface area contributed by atoms with Crippen molar-refractivity contribution in [3.05, 3.63) is 39.9 Å². The monoisotopic (exact) mass is 309 g/mol. The molecule has 0 unspecified atom stereocenters. The summed E-state index contributed by atoms with van der Waals surface area (Å²) >= 11 is 3.42. The molecule has 0 aliphatic carbocycles. The molecule has 0 saturated carbocycles. The van der Waals surface area contributed by atoms with Gasteiger partial charge in [-0.15, -0.1) is 0 Å². The third kappa shape index (κ3) is 2.82. The van der Waals surface area contributed by atoms with Gasteiger partial charge in [0.1, 0.15) is 0 Å². The Balaban J connectivity index is 2.43. The number of benzene rings is 1. The van der Waals surface area contributed by atoms with Gasteiger partial charge in [0, 0.05) is 23.1 Å². The predicted octanol–water partition coefficient (Wildman–Crippen LogP) is 2.71. The van der Waals surface area contributed by atoms with Crippen LogP contribution in [0.2, 0.25) is 0 Å². The average Bonchev–Trinajstić information content (AvgIpc) is 2.38. The summed E-state index contributed by atoms with van der Waals surface area (Å²) in [5, 5.41) is 0.